The number of primary amides is 1. The molecule has 0 heterocycles. The summed E-state index contributed by atoms with van der Waals surface area (Å²) in [6.45, 7) is 1.58. The third-order valence-corrected chi connectivity index (χ3v) is 3.98. The average Bonchev–Trinajstić information content (AvgIpc) is 2.66. The molecule has 0 saturated carbocycles. The molecule has 0 aliphatic rings. The van der Waals surface area contributed by atoms with E-state index in [9.17, 15) is 19.2 Å². The van der Waals surface area contributed by atoms with Gasteiger partial charge in [0.1, 0.15) is 0 Å². The molecule has 2 rings (SSSR count). The topological polar surface area (TPSA) is 196 Å². The molecule has 32 heavy (non-hydrogen) atoms. The summed E-state index contributed by atoms with van der Waals surface area (Å²) in [6, 6.07) is 11.3. The molecular formula is C20H24ClN5O5Y-2. The minimum absolute atomic E-state index is 0. The zero-order chi connectivity index (χ0) is 22.7. The van der Waals surface area contributed by atoms with Crippen molar-refractivity contribution in [2.45, 2.75) is 13.3 Å². The van der Waals surface area contributed by atoms with Gasteiger partial charge in [0.2, 0.25) is 11.8 Å². The van der Waals surface area contributed by atoms with E-state index in [1.165, 1.54) is 18.2 Å². The van der Waals surface area contributed by atoms with E-state index in [0.29, 0.717) is 16.1 Å². The first-order chi connectivity index (χ1) is 14.1. The maximum atomic E-state index is 11.6. The van der Waals surface area contributed by atoms with Gasteiger partial charge in [-0.2, -0.15) is 0 Å². The fraction of sp³-hybridized carbons (Fsp3) is 0.200. The number of halogens is 1. The van der Waals surface area contributed by atoms with Gasteiger partial charge < -0.3 is 33.4 Å². The van der Waals surface area contributed by atoms with Crippen LogP contribution in [0.1, 0.15) is 32.7 Å². The zero-order valence-electron chi connectivity index (χ0n) is 17.4. The van der Waals surface area contributed by atoms with Crippen LogP contribution in [-0.2, 0) is 42.3 Å². The van der Waals surface area contributed by atoms with Crippen molar-refractivity contribution in [3.63, 3.8) is 0 Å². The van der Waals surface area contributed by atoms with E-state index in [1.54, 1.807) is 31.2 Å². The molecule has 171 valence electrons. The maximum absolute atomic E-state index is 11.6. The van der Waals surface area contributed by atoms with E-state index in [-0.39, 0.29) is 64.1 Å². The third-order valence-electron chi connectivity index (χ3n) is 3.66. The van der Waals surface area contributed by atoms with Crippen molar-refractivity contribution in [2.75, 3.05) is 13.1 Å². The molecule has 2 aromatic rings. The summed E-state index contributed by atoms with van der Waals surface area (Å²) in [4.78, 5) is 43.9. The Balaban J connectivity index is 0. The molecule has 0 bridgehead atoms. The van der Waals surface area contributed by atoms with Crippen LogP contribution in [0.5, 0.6) is 0 Å². The van der Waals surface area contributed by atoms with Crippen LogP contribution in [0.25, 0.3) is 11.9 Å². The van der Waals surface area contributed by atoms with Crippen molar-refractivity contribution in [2.24, 2.45) is 5.73 Å². The molecule has 0 aliphatic heterocycles. The predicted molar refractivity (Wildman–Crippen MR) is 118 cm³/mol. The van der Waals surface area contributed by atoms with Crippen molar-refractivity contribution < 1.29 is 57.0 Å². The molecule has 0 fully saturated rings. The fourth-order valence-electron chi connectivity index (χ4n) is 2.24. The Labute approximate surface area is 215 Å². The number of carbonyl (C=O) groups excluding carboxylic acids is 3. The SMILES string of the molecule is Cc1cccc(Cl)c1C(N)=O.[NH-]c1cccc(C(=O)NCC(=O)NCCC(=O)O)c1.[NH2-].[Y]. The molecule has 0 aromatic heterocycles. The quantitative estimate of drug-likeness (QED) is 0.419. The van der Waals surface area contributed by atoms with Crippen LogP contribution in [0.3, 0.4) is 0 Å². The number of aryl methyl sites for hydroxylation is 1. The molecule has 0 spiro atoms. The molecule has 1 radical (unpaired) electrons. The Morgan fingerprint density at radius 1 is 1.09 bits per heavy atom. The van der Waals surface area contributed by atoms with Crippen LogP contribution in [-0.4, -0.2) is 41.9 Å². The molecule has 0 aliphatic carbocycles. The normalized spacial score (nSPS) is 9.06. The van der Waals surface area contributed by atoms with Gasteiger partial charge in [0.05, 0.1) is 23.6 Å². The summed E-state index contributed by atoms with van der Waals surface area (Å²) in [7, 11) is 0. The van der Waals surface area contributed by atoms with Gasteiger partial charge in [0.25, 0.3) is 5.91 Å². The molecule has 10 nitrogen and oxygen atoms in total. The van der Waals surface area contributed by atoms with Gasteiger partial charge in [0.15, 0.2) is 0 Å². The van der Waals surface area contributed by atoms with Crippen LogP contribution < -0.4 is 16.4 Å². The molecule has 8 N–H and O–H groups in total. The third kappa shape index (κ3) is 11.8. The van der Waals surface area contributed by atoms with E-state index in [0.717, 1.165) is 5.56 Å². The summed E-state index contributed by atoms with van der Waals surface area (Å²) in [6.07, 6.45) is -0.166. The van der Waals surface area contributed by atoms with E-state index in [4.69, 9.17) is 28.2 Å². The second-order valence-corrected chi connectivity index (χ2v) is 6.46. The number of rotatable bonds is 7. The number of amides is 3. The van der Waals surface area contributed by atoms with Gasteiger partial charge >= 0.3 is 5.97 Å². The minimum Gasteiger partial charge on any atom is -0.699 e. The molecular weight excluding hydrogens is 515 g/mol. The van der Waals surface area contributed by atoms with E-state index in [2.05, 4.69) is 10.6 Å². The number of carbonyl (C=O) groups is 4. The van der Waals surface area contributed by atoms with Crippen LogP contribution in [0.4, 0.5) is 5.69 Å². The number of aliphatic carboxylic acids is 1. The first-order valence-electron chi connectivity index (χ1n) is 8.75. The Morgan fingerprint density at radius 3 is 2.22 bits per heavy atom. The number of hydrogen-bond acceptors (Lipinski definition) is 4. The van der Waals surface area contributed by atoms with E-state index >= 15 is 0 Å². The molecule has 3 amide bonds. The number of hydrogen-bond donors (Lipinski definition) is 4. The smallest absolute Gasteiger partial charge is 0.305 e. The summed E-state index contributed by atoms with van der Waals surface area (Å²) in [5.41, 5.74) is 14.2. The monoisotopic (exact) mass is 538 g/mol. The summed E-state index contributed by atoms with van der Waals surface area (Å²) in [5, 5.41) is 13.5. The maximum Gasteiger partial charge on any atom is 0.305 e. The van der Waals surface area contributed by atoms with Crippen LogP contribution >= 0.6 is 11.6 Å². The largest absolute Gasteiger partial charge is 0.699 e. The van der Waals surface area contributed by atoms with Crippen LogP contribution in [0.2, 0.25) is 5.02 Å². The fourth-order valence-corrected chi connectivity index (χ4v) is 2.55. The van der Waals surface area contributed by atoms with Crippen molar-refractivity contribution in [1.82, 2.24) is 10.6 Å². The molecule has 0 unspecified atom stereocenters. The summed E-state index contributed by atoms with van der Waals surface area (Å²) < 4.78 is 0. The van der Waals surface area contributed by atoms with E-state index < -0.39 is 23.7 Å². The Bertz CT molecular complexity index is 922. The predicted octanol–water partition coefficient (Wildman–Crippen LogP) is 3.15. The summed E-state index contributed by atoms with van der Waals surface area (Å²) in [5.74, 6) is -2.40. The Hall–Kier alpha value is -2.53. The second-order valence-electron chi connectivity index (χ2n) is 6.05. The summed E-state index contributed by atoms with van der Waals surface area (Å²) >= 11 is 5.72. The van der Waals surface area contributed by atoms with Crippen molar-refractivity contribution in [1.29, 1.82) is 0 Å². The first kappa shape index (κ1) is 31.7. The molecule has 0 atom stereocenters. The van der Waals surface area contributed by atoms with Crippen molar-refractivity contribution >= 4 is 41.0 Å². The Morgan fingerprint density at radius 2 is 1.72 bits per heavy atom. The van der Waals surface area contributed by atoms with Crippen LogP contribution in [0, 0.1) is 6.92 Å². The molecule has 0 saturated heterocycles. The molecule has 2 aromatic carbocycles. The first-order valence-corrected chi connectivity index (χ1v) is 9.13. The van der Waals surface area contributed by atoms with Crippen LogP contribution in [0.15, 0.2) is 42.5 Å². The second kappa shape index (κ2) is 16.2. The van der Waals surface area contributed by atoms with Crippen molar-refractivity contribution in [3.8, 4) is 0 Å². The van der Waals surface area contributed by atoms with Gasteiger partial charge in [-0.15, -0.1) is 5.69 Å². The number of nitrogens with two attached hydrogens (primary N) is 2. The zero-order valence-corrected chi connectivity index (χ0v) is 20.9. The van der Waals surface area contributed by atoms with Gasteiger partial charge in [-0.05, 0) is 24.6 Å². The standard InChI is InChI=1S/C12H14N3O4.C8H8ClNO.H2N.Y/c13-9-3-1-2-8(6-9)12(19)15-7-10(16)14-5-4-11(17)18;1-5-3-2-4-6(9)7(5)8(10)11;;/h1-3,6,13H,4-5,7H2,(H,14,16)(H,15,19)(H,17,18);2-4H,1H3,(H2,10,11);1H2;/q-1;;-1;. The van der Waals surface area contributed by atoms with E-state index in [1.807, 2.05) is 0 Å². The van der Waals surface area contributed by atoms with Crippen molar-refractivity contribution in [3.05, 3.63) is 76.1 Å². The van der Waals surface area contributed by atoms with Gasteiger partial charge in [-0.1, -0.05) is 41.9 Å². The minimum atomic E-state index is -1.00. The number of carboxylic acids is 1. The number of nitrogens with one attached hydrogen (secondary N) is 3. The average molecular weight is 539 g/mol. The van der Waals surface area contributed by atoms with Gasteiger partial charge in [0, 0.05) is 44.8 Å². The number of carboxylic acid groups (broad SMARTS) is 1. The Kier molecular flexibility index (Phi) is 16.0. The molecule has 12 heteroatoms. The number of benzene rings is 2. The van der Waals surface area contributed by atoms with Gasteiger partial charge in [-0.3, -0.25) is 19.2 Å². The van der Waals surface area contributed by atoms with Gasteiger partial charge in [-0.25, -0.2) is 0 Å².